The zero-order chi connectivity index (χ0) is 24.0. The molecule has 2 nitrogen and oxygen atoms in total. The summed E-state index contributed by atoms with van der Waals surface area (Å²) in [6.07, 6.45) is 0.844. The molecule has 5 rings (SSSR count). The molecule has 0 saturated carbocycles. The highest BCUT2D eigenvalue weighted by molar-refractivity contribution is 5.72. The Bertz CT molecular complexity index is 1370. The Labute approximate surface area is 208 Å². The van der Waals surface area contributed by atoms with Crippen LogP contribution < -0.4 is 10.6 Å². The summed E-state index contributed by atoms with van der Waals surface area (Å²) in [5, 5.41) is 7.23. The lowest BCUT2D eigenvalue weighted by Crippen LogP contribution is -1.99. The highest BCUT2D eigenvalue weighted by atomic mass is 14.9. The average molecular weight is 455 g/mol. The topological polar surface area (TPSA) is 24.1 Å². The largest absolute Gasteiger partial charge is 0.355 e. The van der Waals surface area contributed by atoms with Gasteiger partial charge in [-0.3, -0.25) is 0 Å². The Morgan fingerprint density at radius 3 is 1.66 bits per heavy atom. The molecule has 35 heavy (non-hydrogen) atoms. The first kappa shape index (κ1) is 22.5. The zero-order valence-electron chi connectivity index (χ0n) is 20.3. The standard InChI is InChI=1S/C33H30N2/c1-24-10-8-15-29(18-24)34-31-21-26(22-32(23-31)35-30-16-9-11-25(2)19-30)20-28-14-6-7-17-33(28)27-12-4-3-5-13-27/h3-19,21-23,34-35H,20H2,1-2H3. The van der Waals surface area contributed by atoms with Gasteiger partial charge >= 0.3 is 0 Å². The van der Waals surface area contributed by atoms with E-state index in [2.05, 4.69) is 146 Å². The van der Waals surface area contributed by atoms with E-state index in [1.54, 1.807) is 0 Å². The van der Waals surface area contributed by atoms with Gasteiger partial charge in [0.1, 0.15) is 0 Å². The molecule has 0 aliphatic carbocycles. The summed E-state index contributed by atoms with van der Waals surface area (Å²) in [6.45, 7) is 4.24. The first-order chi connectivity index (χ1) is 17.1. The molecule has 2 N–H and O–H groups in total. The molecular formula is C33H30N2. The Balaban J connectivity index is 1.51. The molecule has 0 saturated heterocycles. The highest BCUT2D eigenvalue weighted by Gasteiger charge is 2.09. The number of nitrogens with one attached hydrogen (secondary N) is 2. The lowest BCUT2D eigenvalue weighted by atomic mass is 9.94. The fourth-order valence-electron chi connectivity index (χ4n) is 4.51. The fourth-order valence-corrected chi connectivity index (χ4v) is 4.51. The molecule has 5 aromatic carbocycles. The van der Waals surface area contributed by atoms with Crippen molar-refractivity contribution < 1.29 is 0 Å². The lowest BCUT2D eigenvalue weighted by molar-refractivity contribution is 1.19. The van der Waals surface area contributed by atoms with Gasteiger partial charge in [0, 0.05) is 22.7 Å². The monoisotopic (exact) mass is 454 g/mol. The van der Waals surface area contributed by atoms with E-state index in [1.165, 1.54) is 33.4 Å². The van der Waals surface area contributed by atoms with Gasteiger partial charge in [-0.2, -0.15) is 0 Å². The molecule has 0 aliphatic heterocycles. The normalized spacial score (nSPS) is 10.7. The second-order valence-electron chi connectivity index (χ2n) is 9.11. The number of benzene rings is 5. The van der Waals surface area contributed by atoms with Gasteiger partial charge in [0.05, 0.1) is 0 Å². The number of hydrogen-bond acceptors (Lipinski definition) is 2. The van der Waals surface area contributed by atoms with Crippen molar-refractivity contribution in [3.63, 3.8) is 0 Å². The van der Waals surface area contributed by atoms with Gasteiger partial charge in [0.25, 0.3) is 0 Å². The number of rotatable bonds is 7. The van der Waals surface area contributed by atoms with Crippen LogP contribution in [0, 0.1) is 13.8 Å². The van der Waals surface area contributed by atoms with Gasteiger partial charge in [-0.1, -0.05) is 78.9 Å². The molecule has 2 heteroatoms. The maximum atomic E-state index is 3.61. The van der Waals surface area contributed by atoms with E-state index < -0.39 is 0 Å². The quantitative estimate of drug-likeness (QED) is 0.256. The van der Waals surface area contributed by atoms with Crippen LogP contribution in [0.2, 0.25) is 0 Å². The lowest BCUT2D eigenvalue weighted by Gasteiger charge is -2.16. The molecule has 0 amide bonds. The SMILES string of the molecule is Cc1cccc(Nc2cc(Cc3ccccc3-c3ccccc3)cc(Nc3cccc(C)c3)c2)c1. The molecule has 0 atom stereocenters. The van der Waals surface area contributed by atoms with Crippen molar-refractivity contribution in [2.45, 2.75) is 20.3 Å². The number of hydrogen-bond donors (Lipinski definition) is 2. The maximum absolute atomic E-state index is 3.61. The van der Waals surface area contributed by atoms with E-state index in [0.717, 1.165) is 29.2 Å². The Morgan fingerprint density at radius 1 is 0.486 bits per heavy atom. The molecule has 0 fully saturated rings. The van der Waals surface area contributed by atoms with E-state index in [-0.39, 0.29) is 0 Å². The van der Waals surface area contributed by atoms with Crippen LogP contribution in [0.5, 0.6) is 0 Å². The van der Waals surface area contributed by atoms with Crippen molar-refractivity contribution in [3.8, 4) is 11.1 Å². The van der Waals surface area contributed by atoms with E-state index in [0.29, 0.717) is 0 Å². The third kappa shape index (κ3) is 5.80. The summed E-state index contributed by atoms with van der Waals surface area (Å²) in [4.78, 5) is 0. The molecule has 172 valence electrons. The molecule has 0 spiro atoms. The van der Waals surface area contributed by atoms with Gasteiger partial charge in [-0.15, -0.1) is 0 Å². The van der Waals surface area contributed by atoms with Gasteiger partial charge in [0.2, 0.25) is 0 Å². The molecule has 0 heterocycles. The number of anilines is 4. The second kappa shape index (κ2) is 10.3. The highest BCUT2D eigenvalue weighted by Crippen LogP contribution is 2.30. The van der Waals surface area contributed by atoms with Crippen molar-refractivity contribution >= 4 is 22.7 Å². The molecular weight excluding hydrogens is 424 g/mol. The van der Waals surface area contributed by atoms with Crippen molar-refractivity contribution in [2.75, 3.05) is 10.6 Å². The van der Waals surface area contributed by atoms with Crippen molar-refractivity contribution in [2.24, 2.45) is 0 Å². The Kier molecular flexibility index (Phi) is 6.63. The first-order valence-corrected chi connectivity index (χ1v) is 12.1. The Morgan fingerprint density at radius 2 is 1.06 bits per heavy atom. The summed E-state index contributed by atoms with van der Waals surface area (Å²) in [7, 11) is 0. The smallest absolute Gasteiger partial charge is 0.0407 e. The predicted molar refractivity (Wildman–Crippen MR) is 150 cm³/mol. The van der Waals surface area contributed by atoms with Crippen LogP contribution in [-0.2, 0) is 6.42 Å². The van der Waals surface area contributed by atoms with Crippen molar-refractivity contribution in [1.82, 2.24) is 0 Å². The molecule has 0 aliphatic rings. The minimum Gasteiger partial charge on any atom is -0.355 e. The van der Waals surface area contributed by atoms with Crippen LogP contribution in [0.3, 0.4) is 0 Å². The first-order valence-electron chi connectivity index (χ1n) is 12.1. The summed E-state index contributed by atoms with van der Waals surface area (Å²) < 4.78 is 0. The van der Waals surface area contributed by atoms with Crippen LogP contribution in [0.25, 0.3) is 11.1 Å². The van der Waals surface area contributed by atoms with E-state index >= 15 is 0 Å². The van der Waals surface area contributed by atoms with E-state index in [4.69, 9.17) is 0 Å². The van der Waals surface area contributed by atoms with Gasteiger partial charge in [0.15, 0.2) is 0 Å². The minimum absolute atomic E-state index is 0.844. The molecule has 0 aromatic heterocycles. The fraction of sp³-hybridized carbons (Fsp3) is 0.0909. The summed E-state index contributed by atoms with van der Waals surface area (Å²) in [6, 6.07) is 43.0. The van der Waals surface area contributed by atoms with E-state index in [1.807, 2.05) is 0 Å². The van der Waals surface area contributed by atoms with Gasteiger partial charge in [-0.25, -0.2) is 0 Å². The average Bonchev–Trinajstić information content (AvgIpc) is 2.85. The van der Waals surface area contributed by atoms with E-state index in [9.17, 15) is 0 Å². The zero-order valence-corrected chi connectivity index (χ0v) is 20.3. The van der Waals surface area contributed by atoms with Gasteiger partial charge in [-0.05, 0) is 96.1 Å². The summed E-state index contributed by atoms with van der Waals surface area (Å²) in [5.74, 6) is 0. The van der Waals surface area contributed by atoms with Crippen LogP contribution in [0.15, 0.2) is 121 Å². The molecule has 0 radical (unpaired) electrons. The Hall–Kier alpha value is -4.30. The van der Waals surface area contributed by atoms with Crippen molar-refractivity contribution in [3.05, 3.63) is 144 Å². The van der Waals surface area contributed by atoms with Crippen LogP contribution in [-0.4, -0.2) is 0 Å². The number of aryl methyl sites for hydroxylation is 2. The van der Waals surface area contributed by atoms with Crippen LogP contribution in [0.1, 0.15) is 22.3 Å². The summed E-state index contributed by atoms with van der Waals surface area (Å²) in [5.41, 5.74) is 11.9. The second-order valence-corrected chi connectivity index (χ2v) is 9.11. The third-order valence-corrected chi connectivity index (χ3v) is 6.10. The molecule has 0 unspecified atom stereocenters. The maximum Gasteiger partial charge on any atom is 0.0407 e. The molecule has 5 aromatic rings. The van der Waals surface area contributed by atoms with Crippen LogP contribution >= 0.6 is 0 Å². The predicted octanol–water partition coefficient (Wildman–Crippen LogP) is 9.05. The minimum atomic E-state index is 0.844. The van der Waals surface area contributed by atoms with Crippen LogP contribution in [0.4, 0.5) is 22.7 Å². The molecule has 0 bridgehead atoms. The van der Waals surface area contributed by atoms with Gasteiger partial charge < -0.3 is 10.6 Å². The third-order valence-electron chi connectivity index (χ3n) is 6.10. The summed E-state index contributed by atoms with van der Waals surface area (Å²) >= 11 is 0. The van der Waals surface area contributed by atoms with Crippen molar-refractivity contribution in [1.29, 1.82) is 0 Å².